The molecule has 1 aliphatic heterocycles. The molecule has 18 heavy (non-hydrogen) atoms. The van der Waals surface area contributed by atoms with Crippen molar-refractivity contribution in [3.63, 3.8) is 0 Å². The molecule has 1 atom stereocenters. The molecule has 1 amide bonds. The molecular formula is C14H13NO3. The van der Waals surface area contributed by atoms with Gasteiger partial charge in [-0.3, -0.25) is 4.79 Å². The summed E-state index contributed by atoms with van der Waals surface area (Å²) in [4.78, 5) is 24.1. The van der Waals surface area contributed by atoms with Crippen LogP contribution in [0.3, 0.4) is 0 Å². The van der Waals surface area contributed by atoms with Gasteiger partial charge >= 0.3 is 5.97 Å². The first-order chi connectivity index (χ1) is 8.60. The number of terminal acetylenes is 1. The van der Waals surface area contributed by atoms with Gasteiger partial charge in [-0.2, -0.15) is 0 Å². The number of carboxylic acids is 1. The van der Waals surface area contributed by atoms with Gasteiger partial charge in [-0.1, -0.05) is 12.1 Å². The highest BCUT2D eigenvalue weighted by molar-refractivity contribution is 5.87. The zero-order chi connectivity index (χ0) is 13.1. The summed E-state index contributed by atoms with van der Waals surface area (Å²) in [6.07, 6.45) is 5.72. The number of carbonyl (C=O) groups excluding carboxylic acids is 1. The van der Waals surface area contributed by atoms with E-state index >= 15 is 0 Å². The van der Waals surface area contributed by atoms with E-state index in [9.17, 15) is 9.59 Å². The highest BCUT2D eigenvalue weighted by atomic mass is 16.4. The second-order valence-electron chi connectivity index (χ2n) is 4.34. The maximum atomic E-state index is 11.7. The molecule has 1 aromatic carbocycles. The van der Waals surface area contributed by atoms with Gasteiger partial charge in [0.15, 0.2) is 0 Å². The van der Waals surface area contributed by atoms with Crippen molar-refractivity contribution in [2.45, 2.75) is 13.0 Å². The number of amides is 1. The lowest BCUT2D eigenvalue weighted by Gasteiger charge is -2.15. The quantitative estimate of drug-likeness (QED) is 0.816. The van der Waals surface area contributed by atoms with Crippen molar-refractivity contribution in [3.05, 3.63) is 35.4 Å². The van der Waals surface area contributed by atoms with Crippen molar-refractivity contribution in [2.75, 3.05) is 6.54 Å². The Kier molecular flexibility index (Phi) is 3.33. The van der Waals surface area contributed by atoms with Gasteiger partial charge in [-0.05, 0) is 17.7 Å². The largest absolute Gasteiger partial charge is 0.478 e. The fourth-order valence-corrected chi connectivity index (χ4v) is 2.01. The summed E-state index contributed by atoms with van der Waals surface area (Å²) in [5.41, 5.74) is 1.15. The predicted octanol–water partition coefficient (Wildman–Crippen LogP) is 1.37. The zero-order valence-corrected chi connectivity index (χ0v) is 9.80. The molecule has 4 heteroatoms. The van der Waals surface area contributed by atoms with Gasteiger partial charge < -0.3 is 10.0 Å². The molecule has 92 valence electrons. The van der Waals surface area contributed by atoms with Crippen molar-refractivity contribution in [1.82, 2.24) is 4.90 Å². The van der Waals surface area contributed by atoms with Gasteiger partial charge in [-0.15, -0.1) is 12.3 Å². The minimum absolute atomic E-state index is 0.00390. The van der Waals surface area contributed by atoms with Crippen molar-refractivity contribution >= 4 is 11.9 Å². The van der Waals surface area contributed by atoms with E-state index in [1.54, 1.807) is 17.0 Å². The molecule has 1 saturated heterocycles. The topological polar surface area (TPSA) is 57.6 Å². The maximum absolute atomic E-state index is 11.7. The molecule has 2 rings (SSSR count). The lowest BCUT2D eigenvalue weighted by molar-refractivity contribution is -0.128. The van der Waals surface area contributed by atoms with Crippen LogP contribution in [-0.2, 0) is 11.3 Å². The number of likely N-dealkylation sites (tertiary alicyclic amines) is 1. The number of hydrogen-bond donors (Lipinski definition) is 1. The van der Waals surface area contributed by atoms with Crippen LogP contribution < -0.4 is 0 Å². The third kappa shape index (κ3) is 2.51. The van der Waals surface area contributed by atoms with E-state index in [4.69, 9.17) is 11.5 Å². The number of benzene rings is 1. The van der Waals surface area contributed by atoms with Gasteiger partial charge in [0.25, 0.3) is 0 Å². The predicted molar refractivity (Wildman–Crippen MR) is 65.8 cm³/mol. The molecule has 1 aromatic rings. The van der Waals surface area contributed by atoms with Crippen LogP contribution in [0, 0.1) is 18.3 Å². The zero-order valence-electron chi connectivity index (χ0n) is 9.80. The smallest absolute Gasteiger partial charge is 0.335 e. The van der Waals surface area contributed by atoms with Crippen LogP contribution in [0.25, 0.3) is 0 Å². The summed E-state index contributed by atoms with van der Waals surface area (Å²) in [7, 11) is 0. The number of carboxylic acid groups (broad SMARTS) is 1. The van der Waals surface area contributed by atoms with Crippen molar-refractivity contribution in [3.8, 4) is 12.3 Å². The molecule has 1 unspecified atom stereocenters. The Hall–Kier alpha value is -2.28. The first-order valence-electron chi connectivity index (χ1n) is 5.66. The van der Waals surface area contributed by atoms with Gasteiger partial charge in [0.2, 0.25) is 5.91 Å². The lowest BCUT2D eigenvalue weighted by Crippen LogP contribution is -2.24. The van der Waals surface area contributed by atoms with Crippen LogP contribution in [0.5, 0.6) is 0 Å². The van der Waals surface area contributed by atoms with Crippen molar-refractivity contribution in [2.24, 2.45) is 5.92 Å². The van der Waals surface area contributed by atoms with Crippen LogP contribution in [0.15, 0.2) is 24.3 Å². The number of hydrogen-bond acceptors (Lipinski definition) is 2. The molecule has 1 N–H and O–H groups in total. The number of carbonyl (C=O) groups is 2. The minimum atomic E-state index is -0.953. The number of nitrogens with zero attached hydrogens (tertiary/aromatic N) is 1. The van der Waals surface area contributed by atoms with Crippen LogP contribution in [0.4, 0.5) is 0 Å². The van der Waals surface area contributed by atoms with E-state index in [-0.39, 0.29) is 17.4 Å². The van der Waals surface area contributed by atoms with E-state index in [1.165, 1.54) is 12.1 Å². The first kappa shape index (κ1) is 12.2. The normalized spacial score (nSPS) is 18.7. The third-order valence-electron chi connectivity index (χ3n) is 3.02. The summed E-state index contributed by atoms with van der Waals surface area (Å²) in [6.45, 7) is 1.06. The molecule has 0 radical (unpaired) electrons. The number of rotatable bonds is 3. The van der Waals surface area contributed by atoms with E-state index in [1.807, 2.05) is 0 Å². The Labute approximate surface area is 105 Å². The Morgan fingerprint density at radius 1 is 1.44 bits per heavy atom. The van der Waals surface area contributed by atoms with E-state index in [0.29, 0.717) is 19.5 Å². The minimum Gasteiger partial charge on any atom is -0.478 e. The Bertz CT molecular complexity index is 513. The highest BCUT2D eigenvalue weighted by Gasteiger charge is 2.27. The fourth-order valence-electron chi connectivity index (χ4n) is 2.01. The van der Waals surface area contributed by atoms with Gasteiger partial charge in [0.1, 0.15) is 0 Å². The molecule has 0 aromatic heterocycles. The maximum Gasteiger partial charge on any atom is 0.335 e. The average Bonchev–Trinajstić information content (AvgIpc) is 2.71. The lowest BCUT2D eigenvalue weighted by atomic mass is 10.1. The summed E-state index contributed by atoms with van der Waals surface area (Å²) < 4.78 is 0. The monoisotopic (exact) mass is 243 g/mol. The second kappa shape index (κ2) is 4.92. The molecule has 0 spiro atoms. The van der Waals surface area contributed by atoms with Gasteiger partial charge in [0, 0.05) is 25.4 Å². The average molecular weight is 243 g/mol. The molecular weight excluding hydrogens is 230 g/mol. The highest BCUT2D eigenvalue weighted by Crippen LogP contribution is 2.19. The van der Waals surface area contributed by atoms with Gasteiger partial charge in [0.05, 0.1) is 5.56 Å². The number of aromatic carboxylic acids is 1. The Balaban J connectivity index is 2.04. The van der Waals surface area contributed by atoms with Gasteiger partial charge in [-0.25, -0.2) is 4.79 Å². The van der Waals surface area contributed by atoms with Crippen molar-refractivity contribution < 1.29 is 14.7 Å². The summed E-state index contributed by atoms with van der Waals surface area (Å²) >= 11 is 0. The van der Waals surface area contributed by atoms with Crippen LogP contribution in [0.1, 0.15) is 22.3 Å². The Morgan fingerprint density at radius 3 is 2.61 bits per heavy atom. The molecule has 1 aliphatic rings. The van der Waals surface area contributed by atoms with Crippen LogP contribution in [0.2, 0.25) is 0 Å². The molecule has 1 fully saturated rings. The SMILES string of the molecule is C#CC1CC(=O)N(Cc2ccc(C(=O)O)cc2)C1. The van der Waals surface area contributed by atoms with Crippen LogP contribution >= 0.6 is 0 Å². The first-order valence-corrected chi connectivity index (χ1v) is 5.66. The molecule has 0 saturated carbocycles. The molecule has 0 aliphatic carbocycles. The standard InChI is InChI=1S/C14H13NO3/c1-2-10-7-13(16)15(8-10)9-11-3-5-12(6-4-11)14(17)18/h1,3-6,10H,7-9H2,(H,17,18). The summed E-state index contributed by atoms with van der Waals surface area (Å²) in [6, 6.07) is 6.52. The molecule has 1 heterocycles. The fraction of sp³-hybridized carbons (Fsp3) is 0.286. The van der Waals surface area contributed by atoms with Crippen LogP contribution in [-0.4, -0.2) is 28.4 Å². The van der Waals surface area contributed by atoms with E-state index in [0.717, 1.165) is 5.56 Å². The molecule has 0 bridgehead atoms. The third-order valence-corrected chi connectivity index (χ3v) is 3.02. The summed E-state index contributed by atoms with van der Waals surface area (Å²) in [5, 5.41) is 8.78. The second-order valence-corrected chi connectivity index (χ2v) is 4.34. The summed E-state index contributed by atoms with van der Waals surface area (Å²) in [5.74, 6) is 1.69. The molecule has 4 nitrogen and oxygen atoms in total. The van der Waals surface area contributed by atoms with Crippen molar-refractivity contribution in [1.29, 1.82) is 0 Å². The van der Waals surface area contributed by atoms with E-state index < -0.39 is 5.97 Å². The van der Waals surface area contributed by atoms with E-state index in [2.05, 4.69) is 5.92 Å². The Morgan fingerprint density at radius 2 is 2.11 bits per heavy atom.